The highest BCUT2D eigenvalue weighted by Gasteiger charge is 2.34. The maximum absolute atomic E-state index is 14.2. The molecule has 0 aromatic heterocycles. The number of rotatable bonds is 4. The van der Waals surface area contributed by atoms with E-state index in [1.54, 1.807) is 49.4 Å². The molecular formula is C27H23Cl2FN2O3. The fraction of sp³-hybridized carbons (Fsp3) is 0.222. The Balaban J connectivity index is 1.38. The van der Waals surface area contributed by atoms with Crippen LogP contribution in [0.25, 0.3) is 6.08 Å². The first kappa shape index (κ1) is 23.7. The number of piperazine rings is 1. The molecule has 1 saturated heterocycles. The standard InChI is InChI=1S/C27H23Cl2FN2O3/c1-16-12-23(33)19(15-31-8-10-32(11-9-31)22-5-3-2-4-21(22)30)27-25(16)26(34)24(35-27)13-17-6-7-18(28)14-20(17)29/h2-7,12-14,33H,8-11,15H2,1H3/b24-13-. The summed E-state index contributed by atoms with van der Waals surface area (Å²) in [6, 6.07) is 13.4. The summed E-state index contributed by atoms with van der Waals surface area (Å²) in [6.45, 7) is 4.82. The van der Waals surface area contributed by atoms with Crippen LogP contribution in [-0.2, 0) is 6.54 Å². The number of ether oxygens (including phenoxy) is 1. The predicted octanol–water partition coefficient (Wildman–Crippen LogP) is 6.08. The number of para-hydroxylation sites is 1. The Hall–Kier alpha value is -3.06. The van der Waals surface area contributed by atoms with Gasteiger partial charge in [0.1, 0.15) is 17.3 Å². The Morgan fingerprint density at radius 1 is 1.09 bits per heavy atom. The second kappa shape index (κ2) is 9.53. The van der Waals surface area contributed by atoms with E-state index in [2.05, 4.69) is 4.90 Å². The van der Waals surface area contributed by atoms with Gasteiger partial charge in [-0.3, -0.25) is 9.69 Å². The smallest absolute Gasteiger partial charge is 0.232 e. The van der Waals surface area contributed by atoms with Gasteiger partial charge in [-0.1, -0.05) is 41.4 Å². The van der Waals surface area contributed by atoms with E-state index >= 15 is 0 Å². The number of halogens is 3. The quantitative estimate of drug-likeness (QED) is 0.429. The molecule has 180 valence electrons. The summed E-state index contributed by atoms with van der Waals surface area (Å²) < 4.78 is 20.2. The summed E-state index contributed by atoms with van der Waals surface area (Å²) in [7, 11) is 0. The molecule has 2 aliphatic rings. The average Bonchev–Trinajstić information content (AvgIpc) is 3.15. The van der Waals surface area contributed by atoms with Crippen LogP contribution in [0.4, 0.5) is 10.1 Å². The molecule has 8 heteroatoms. The zero-order valence-electron chi connectivity index (χ0n) is 19.0. The Bertz CT molecular complexity index is 1350. The fourth-order valence-electron chi connectivity index (χ4n) is 4.57. The van der Waals surface area contributed by atoms with Crippen LogP contribution in [0.3, 0.4) is 0 Å². The normalized spacial score (nSPS) is 17.1. The van der Waals surface area contributed by atoms with Crippen molar-refractivity contribution in [2.75, 3.05) is 31.1 Å². The molecule has 0 unspecified atom stereocenters. The van der Waals surface area contributed by atoms with Crippen LogP contribution in [-0.4, -0.2) is 42.0 Å². The molecule has 0 amide bonds. The third kappa shape index (κ3) is 4.61. The van der Waals surface area contributed by atoms with E-state index in [1.807, 2.05) is 11.0 Å². The van der Waals surface area contributed by atoms with Crippen molar-refractivity contribution >= 4 is 40.7 Å². The minimum Gasteiger partial charge on any atom is -0.507 e. The molecule has 0 bridgehead atoms. The molecule has 0 spiro atoms. The van der Waals surface area contributed by atoms with E-state index < -0.39 is 0 Å². The molecule has 0 aliphatic carbocycles. The lowest BCUT2D eigenvalue weighted by Crippen LogP contribution is -2.46. The lowest BCUT2D eigenvalue weighted by Gasteiger charge is -2.36. The van der Waals surface area contributed by atoms with E-state index in [0.29, 0.717) is 76.5 Å². The maximum Gasteiger partial charge on any atom is 0.232 e. The molecule has 5 rings (SSSR count). The number of phenolic OH excluding ortho intramolecular Hbond substituents is 1. The second-order valence-electron chi connectivity index (χ2n) is 8.72. The van der Waals surface area contributed by atoms with Gasteiger partial charge in [0, 0.05) is 42.8 Å². The third-order valence-electron chi connectivity index (χ3n) is 6.42. The first-order valence-electron chi connectivity index (χ1n) is 11.3. The topological polar surface area (TPSA) is 53.0 Å². The molecule has 0 saturated carbocycles. The number of anilines is 1. The van der Waals surface area contributed by atoms with Gasteiger partial charge >= 0.3 is 0 Å². The second-order valence-corrected chi connectivity index (χ2v) is 9.56. The first-order valence-corrected chi connectivity index (χ1v) is 12.0. The summed E-state index contributed by atoms with van der Waals surface area (Å²) >= 11 is 12.3. The zero-order chi connectivity index (χ0) is 24.7. The highest BCUT2D eigenvalue weighted by Crippen LogP contribution is 2.42. The number of carbonyl (C=O) groups is 1. The van der Waals surface area contributed by atoms with Gasteiger partial charge in [0.15, 0.2) is 5.76 Å². The monoisotopic (exact) mass is 512 g/mol. The van der Waals surface area contributed by atoms with Gasteiger partial charge in [0.25, 0.3) is 0 Å². The fourth-order valence-corrected chi connectivity index (χ4v) is 5.03. The van der Waals surface area contributed by atoms with Gasteiger partial charge in [0.05, 0.1) is 16.8 Å². The number of carbonyl (C=O) groups excluding carboxylic acids is 1. The van der Waals surface area contributed by atoms with E-state index in [1.165, 1.54) is 6.07 Å². The number of allylic oxidation sites excluding steroid dienone is 1. The number of ketones is 1. The van der Waals surface area contributed by atoms with Gasteiger partial charge in [-0.05, 0) is 54.5 Å². The maximum atomic E-state index is 14.2. The van der Waals surface area contributed by atoms with Crippen molar-refractivity contribution in [1.29, 1.82) is 0 Å². The summed E-state index contributed by atoms with van der Waals surface area (Å²) in [4.78, 5) is 17.4. The van der Waals surface area contributed by atoms with Crippen molar-refractivity contribution in [2.45, 2.75) is 13.5 Å². The first-order chi connectivity index (χ1) is 16.8. The van der Waals surface area contributed by atoms with Crippen LogP contribution in [0, 0.1) is 12.7 Å². The zero-order valence-corrected chi connectivity index (χ0v) is 20.5. The van der Waals surface area contributed by atoms with Crippen LogP contribution in [0.2, 0.25) is 10.0 Å². The van der Waals surface area contributed by atoms with Crippen LogP contribution >= 0.6 is 23.2 Å². The molecule has 3 aromatic carbocycles. The predicted molar refractivity (Wildman–Crippen MR) is 136 cm³/mol. The number of aryl methyl sites for hydroxylation is 1. The average molecular weight is 513 g/mol. The third-order valence-corrected chi connectivity index (χ3v) is 6.98. The molecule has 1 fully saturated rings. The van der Waals surface area contributed by atoms with Crippen molar-refractivity contribution in [3.8, 4) is 11.5 Å². The van der Waals surface area contributed by atoms with Crippen LogP contribution in [0.5, 0.6) is 11.5 Å². The van der Waals surface area contributed by atoms with E-state index in [0.717, 1.165) is 0 Å². The number of hydrogen-bond donors (Lipinski definition) is 1. The number of aromatic hydroxyl groups is 1. The van der Waals surface area contributed by atoms with Crippen molar-refractivity contribution < 1.29 is 19.0 Å². The van der Waals surface area contributed by atoms with Gasteiger partial charge in [0.2, 0.25) is 5.78 Å². The molecule has 2 heterocycles. The van der Waals surface area contributed by atoms with Gasteiger partial charge in [-0.2, -0.15) is 0 Å². The van der Waals surface area contributed by atoms with Crippen molar-refractivity contribution in [3.05, 3.63) is 92.4 Å². The highest BCUT2D eigenvalue weighted by atomic mass is 35.5. The summed E-state index contributed by atoms with van der Waals surface area (Å²) in [5, 5.41) is 11.7. The van der Waals surface area contributed by atoms with Gasteiger partial charge in [-0.15, -0.1) is 0 Å². The lowest BCUT2D eigenvalue weighted by atomic mass is 9.99. The van der Waals surface area contributed by atoms with E-state index in [9.17, 15) is 14.3 Å². The Labute approximate surface area is 212 Å². The summed E-state index contributed by atoms with van der Waals surface area (Å²) in [5.74, 6) is 0.108. The Kier molecular flexibility index (Phi) is 6.45. The van der Waals surface area contributed by atoms with Crippen LogP contribution in [0.1, 0.15) is 27.0 Å². The molecule has 5 nitrogen and oxygen atoms in total. The molecule has 3 aromatic rings. The van der Waals surface area contributed by atoms with Crippen molar-refractivity contribution in [2.24, 2.45) is 0 Å². The molecule has 0 radical (unpaired) electrons. The molecule has 1 N–H and O–H groups in total. The number of nitrogens with zero attached hydrogens (tertiary/aromatic N) is 2. The molecular weight excluding hydrogens is 490 g/mol. The van der Waals surface area contributed by atoms with Crippen molar-refractivity contribution in [3.63, 3.8) is 0 Å². The lowest BCUT2D eigenvalue weighted by molar-refractivity contribution is 0.101. The van der Waals surface area contributed by atoms with Crippen molar-refractivity contribution in [1.82, 2.24) is 4.90 Å². The van der Waals surface area contributed by atoms with E-state index in [4.69, 9.17) is 27.9 Å². The van der Waals surface area contributed by atoms with Crippen LogP contribution in [0.15, 0.2) is 54.3 Å². The Morgan fingerprint density at radius 2 is 1.83 bits per heavy atom. The Morgan fingerprint density at radius 3 is 2.54 bits per heavy atom. The number of phenols is 1. The number of Topliss-reactive ketones (excluding diaryl/α,β-unsaturated/α-hetero) is 1. The largest absolute Gasteiger partial charge is 0.507 e. The molecule has 0 atom stereocenters. The summed E-state index contributed by atoms with van der Waals surface area (Å²) in [6.07, 6.45) is 1.59. The SMILES string of the molecule is Cc1cc(O)c(CN2CCN(c3ccccc3F)CC2)c2c1C(=O)/C(=C/c1ccc(Cl)cc1Cl)O2. The van der Waals surface area contributed by atoms with Gasteiger partial charge in [-0.25, -0.2) is 4.39 Å². The minimum absolute atomic E-state index is 0.0800. The summed E-state index contributed by atoms with van der Waals surface area (Å²) in [5.41, 5.74) is 2.85. The molecule has 2 aliphatic heterocycles. The number of benzene rings is 3. The minimum atomic E-state index is -0.255. The van der Waals surface area contributed by atoms with Crippen LogP contribution < -0.4 is 9.64 Å². The number of hydrogen-bond acceptors (Lipinski definition) is 5. The van der Waals surface area contributed by atoms with Gasteiger partial charge < -0.3 is 14.7 Å². The molecule has 35 heavy (non-hydrogen) atoms. The number of fused-ring (bicyclic) bond motifs is 1. The van der Waals surface area contributed by atoms with E-state index in [-0.39, 0.29) is 23.1 Å². The highest BCUT2D eigenvalue weighted by molar-refractivity contribution is 6.35.